The molecule has 0 heterocycles. The van der Waals surface area contributed by atoms with Gasteiger partial charge in [0.15, 0.2) is 5.78 Å². The number of hydrogen-bond acceptors (Lipinski definition) is 2. The van der Waals surface area contributed by atoms with Gasteiger partial charge in [0.05, 0.1) is 6.07 Å². The highest BCUT2D eigenvalue weighted by atomic mass is 127. The molecule has 2 aromatic rings. The van der Waals surface area contributed by atoms with Gasteiger partial charge in [0.2, 0.25) is 0 Å². The Kier molecular flexibility index (Phi) is 4.73. The molecule has 0 radical (unpaired) electrons. The molecule has 2 nitrogen and oxygen atoms in total. The van der Waals surface area contributed by atoms with E-state index in [-0.39, 0.29) is 5.78 Å². The van der Waals surface area contributed by atoms with Crippen molar-refractivity contribution < 1.29 is 9.18 Å². The zero-order chi connectivity index (χ0) is 14.7. The van der Waals surface area contributed by atoms with E-state index in [1.54, 1.807) is 18.2 Å². The quantitative estimate of drug-likeness (QED) is 0.560. The van der Waals surface area contributed by atoms with Crippen LogP contribution in [0.2, 0.25) is 5.02 Å². The highest BCUT2D eigenvalue weighted by molar-refractivity contribution is 14.1. The van der Waals surface area contributed by atoms with Crippen LogP contribution in [0.15, 0.2) is 42.5 Å². The van der Waals surface area contributed by atoms with Crippen molar-refractivity contribution in [3.05, 3.63) is 68.0 Å². The molecule has 0 saturated heterocycles. The lowest BCUT2D eigenvalue weighted by atomic mass is 9.92. The first-order valence-corrected chi connectivity index (χ1v) is 7.13. The number of halogens is 3. The summed E-state index contributed by atoms with van der Waals surface area (Å²) in [6.45, 7) is 0. The van der Waals surface area contributed by atoms with Crippen LogP contribution in [0, 0.1) is 20.7 Å². The highest BCUT2D eigenvalue weighted by Crippen LogP contribution is 2.26. The highest BCUT2D eigenvalue weighted by Gasteiger charge is 2.24. The van der Waals surface area contributed by atoms with Gasteiger partial charge in [-0.3, -0.25) is 4.79 Å². The van der Waals surface area contributed by atoms with Crippen molar-refractivity contribution >= 4 is 40.0 Å². The molecule has 0 fully saturated rings. The minimum Gasteiger partial charge on any atom is -0.292 e. The second-order valence-corrected chi connectivity index (χ2v) is 5.70. The van der Waals surface area contributed by atoms with Gasteiger partial charge in [-0.05, 0) is 58.5 Å². The Morgan fingerprint density at radius 2 is 2.05 bits per heavy atom. The summed E-state index contributed by atoms with van der Waals surface area (Å²) in [5.74, 6) is -1.90. The Balaban J connectivity index is 2.45. The summed E-state index contributed by atoms with van der Waals surface area (Å²) in [6.07, 6.45) is 0. The molecule has 1 atom stereocenters. The van der Waals surface area contributed by atoms with Gasteiger partial charge in [-0.15, -0.1) is 0 Å². The van der Waals surface area contributed by atoms with Crippen molar-refractivity contribution in [1.82, 2.24) is 0 Å². The average Bonchev–Trinajstić information content (AvgIpc) is 2.42. The Morgan fingerprint density at radius 1 is 1.30 bits per heavy atom. The maximum Gasteiger partial charge on any atom is 0.185 e. The van der Waals surface area contributed by atoms with E-state index in [9.17, 15) is 14.4 Å². The number of nitrogens with zero attached hydrogens (tertiary/aromatic N) is 1. The van der Waals surface area contributed by atoms with Crippen LogP contribution in [0.25, 0.3) is 0 Å². The van der Waals surface area contributed by atoms with Gasteiger partial charge in [0.25, 0.3) is 0 Å². The molecular formula is C15H8ClFINO. The normalized spacial score (nSPS) is 11.7. The van der Waals surface area contributed by atoms with Gasteiger partial charge in [-0.25, -0.2) is 4.39 Å². The van der Waals surface area contributed by atoms with E-state index in [0.717, 1.165) is 0 Å². The molecule has 0 bridgehead atoms. The largest absolute Gasteiger partial charge is 0.292 e. The number of benzene rings is 2. The summed E-state index contributed by atoms with van der Waals surface area (Å²) in [4.78, 5) is 12.5. The topological polar surface area (TPSA) is 40.9 Å². The molecule has 100 valence electrons. The van der Waals surface area contributed by atoms with Crippen LogP contribution < -0.4 is 0 Å². The van der Waals surface area contributed by atoms with Crippen molar-refractivity contribution in [2.24, 2.45) is 0 Å². The van der Waals surface area contributed by atoms with E-state index in [1.807, 2.05) is 28.7 Å². The van der Waals surface area contributed by atoms with Crippen LogP contribution >= 0.6 is 34.2 Å². The second-order valence-electron chi connectivity index (χ2n) is 4.11. The van der Waals surface area contributed by atoms with Gasteiger partial charge in [-0.1, -0.05) is 23.7 Å². The van der Waals surface area contributed by atoms with Gasteiger partial charge in [0, 0.05) is 14.2 Å². The summed E-state index contributed by atoms with van der Waals surface area (Å²) >= 11 is 7.89. The van der Waals surface area contributed by atoms with Crippen LogP contribution in [0.1, 0.15) is 21.8 Å². The molecule has 0 spiro atoms. The Morgan fingerprint density at radius 3 is 2.70 bits per heavy atom. The first kappa shape index (κ1) is 14.9. The molecule has 2 rings (SSSR count). The SMILES string of the molecule is N#CC(C(=O)c1cc(Cl)ccc1I)c1cccc(F)c1. The summed E-state index contributed by atoms with van der Waals surface area (Å²) in [7, 11) is 0. The zero-order valence-electron chi connectivity index (χ0n) is 10.1. The van der Waals surface area contributed by atoms with Crippen LogP contribution in [0.5, 0.6) is 0 Å². The number of Topliss-reactive ketones (excluding diaryl/α,β-unsaturated/α-hetero) is 1. The lowest BCUT2D eigenvalue weighted by molar-refractivity contribution is 0.0978. The number of rotatable bonds is 3. The van der Waals surface area contributed by atoms with Gasteiger partial charge in [-0.2, -0.15) is 5.26 Å². The number of ketones is 1. The maximum absolute atomic E-state index is 13.2. The monoisotopic (exact) mass is 399 g/mol. The Bertz CT molecular complexity index is 711. The zero-order valence-corrected chi connectivity index (χ0v) is 13.0. The Hall–Kier alpha value is -1.45. The number of carbonyl (C=O) groups is 1. The predicted molar refractivity (Wildman–Crippen MR) is 83.3 cm³/mol. The van der Waals surface area contributed by atoms with E-state index in [2.05, 4.69) is 0 Å². The molecule has 5 heteroatoms. The van der Waals surface area contributed by atoms with E-state index >= 15 is 0 Å². The lowest BCUT2D eigenvalue weighted by Crippen LogP contribution is -2.13. The number of nitriles is 1. The van der Waals surface area contributed by atoms with Gasteiger partial charge in [0.1, 0.15) is 11.7 Å². The molecule has 0 aliphatic heterocycles. The molecular weight excluding hydrogens is 392 g/mol. The predicted octanol–water partition coefficient (Wildman–Crippen LogP) is 4.57. The first-order valence-electron chi connectivity index (χ1n) is 5.67. The maximum atomic E-state index is 13.2. The molecule has 0 aliphatic rings. The van der Waals surface area contributed by atoms with Crippen LogP contribution in [-0.2, 0) is 0 Å². The van der Waals surface area contributed by atoms with E-state index in [1.165, 1.54) is 24.3 Å². The minimum absolute atomic E-state index is 0.341. The molecule has 0 saturated carbocycles. The fourth-order valence-corrected chi connectivity index (χ4v) is 2.59. The molecule has 1 unspecified atom stereocenters. The van der Waals surface area contributed by atoms with E-state index in [4.69, 9.17) is 11.6 Å². The van der Waals surface area contributed by atoms with Crippen molar-refractivity contribution in [1.29, 1.82) is 5.26 Å². The summed E-state index contributed by atoms with van der Waals surface area (Å²) in [5, 5.41) is 9.65. The summed E-state index contributed by atoms with van der Waals surface area (Å²) < 4.78 is 13.9. The smallest absolute Gasteiger partial charge is 0.185 e. The summed E-state index contributed by atoms with van der Waals surface area (Å²) in [5.41, 5.74) is 0.710. The fraction of sp³-hybridized carbons (Fsp3) is 0.0667. The third kappa shape index (κ3) is 3.17. The van der Waals surface area contributed by atoms with Crippen LogP contribution in [0.3, 0.4) is 0 Å². The van der Waals surface area contributed by atoms with Gasteiger partial charge < -0.3 is 0 Å². The molecule has 0 aliphatic carbocycles. The van der Waals surface area contributed by atoms with E-state index in [0.29, 0.717) is 19.7 Å². The summed E-state index contributed by atoms with van der Waals surface area (Å²) in [6, 6.07) is 12.3. The number of hydrogen-bond donors (Lipinski definition) is 0. The lowest BCUT2D eigenvalue weighted by Gasteiger charge is -2.10. The van der Waals surface area contributed by atoms with E-state index < -0.39 is 11.7 Å². The third-order valence-corrected chi connectivity index (χ3v) is 3.94. The molecule has 20 heavy (non-hydrogen) atoms. The first-order chi connectivity index (χ1) is 9.52. The second kappa shape index (κ2) is 6.33. The van der Waals surface area contributed by atoms with Crippen molar-refractivity contribution in [2.45, 2.75) is 5.92 Å². The van der Waals surface area contributed by atoms with Crippen LogP contribution in [-0.4, -0.2) is 5.78 Å². The molecule has 0 aromatic heterocycles. The Labute approximate surface area is 134 Å². The van der Waals surface area contributed by atoms with Crippen molar-refractivity contribution in [3.63, 3.8) is 0 Å². The average molecular weight is 400 g/mol. The fourth-order valence-electron chi connectivity index (χ4n) is 1.81. The molecule has 0 N–H and O–H groups in total. The molecule has 2 aromatic carbocycles. The van der Waals surface area contributed by atoms with Gasteiger partial charge >= 0.3 is 0 Å². The van der Waals surface area contributed by atoms with Crippen molar-refractivity contribution in [2.75, 3.05) is 0 Å². The number of carbonyl (C=O) groups excluding carboxylic acids is 1. The standard InChI is InChI=1S/C15H8ClFINO/c16-10-4-5-14(18)12(7-10)15(20)13(8-19)9-2-1-3-11(17)6-9/h1-7,13H. The third-order valence-electron chi connectivity index (χ3n) is 2.77. The minimum atomic E-state index is -1.04. The molecule has 0 amide bonds. The van der Waals surface area contributed by atoms with Crippen molar-refractivity contribution in [3.8, 4) is 6.07 Å². The van der Waals surface area contributed by atoms with Crippen LogP contribution in [0.4, 0.5) is 4.39 Å².